The predicted octanol–water partition coefficient (Wildman–Crippen LogP) is -0.634. The van der Waals surface area contributed by atoms with Crippen LogP contribution in [-0.4, -0.2) is 36.0 Å². The maximum Gasteiger partial charge on any atom is 0.318 e. The maximum absolute atomic E-state index is 11.5. The van der Waals surface area contributed by atoms with E-state index in [1.165, 1.54) is 0 Å². The predicted molar refractivity (Wildman–Crippen MR) is 60.3 cm³/mol. The van der Waals surface area contributed by atoms with E-state index < -0.39 is 11.8 Å². The fraction of sp³-hybridized carbons (Fsp3) is 0.700. The first-order valence-electron chi connectivity index (χ1n) is 5.78. The molecule has 4 amide bonds. The summed E-state index contributed by atoms with van der Waals surface area (Å²) in [6, 6.07) is -0.769. The van der Waals surface area contributed by atoms with Gasteiger partial charge in [0.1, 0.15) is 6.17 Å². The van der Waals surface area contributed by atoms with Crippen molar-refractivity contribution in [2.45, 2.75) is 44.6 Å². The summed E-state index contributed by atoms with van der Waals surface area (Å²) in [5, 5.41) is 10.3. The maximum atomic E-state index is 11.5. The Balaban J connectivity index is 1.96. The fourth-order valence-electron chi connectivity index (χ4n) is 2.09. The van der Waals surface area contributed by atoms with Gasteiger partial charge in [0.2, 0.25) is 0 Å². The zero-order valence-electron chi connectivity index (χ0n) is 10.2. The lowest BCUT2D eigenvalue weighted by atomic mass is 10.0. The third-order valence-electron chi connectivity index (χ3n) is 2.81. The minimum atomic E-state index is -0.954. The van der Waals surface area contributed by atoms with E-state index in [0.717, 1.165) is 0 Å². The summed E-state index contributed by atoms with van der Waals surface area (Å²) in [4.78, 5) is 34.0. The van der Waals surface area contributed by atoms with E-state index in [1.807, 2.05) is 0 Å². The second-order valence-corrected chi connectivity index (χ2v) is 4.64. The zero-order chi connectivity index (χ0) is 13.3. The number of esters is 1. The van der Waals surface area contributed by atoms with E-state index in [4.69, 9.17) is 4.74 Å². The Morgan fingerprint density at radius 3 is 2.33 bits per heavy atom. The zero-order valence-corrected chi connectivity index (χ0v) is 10.2. The monoisotopic (exact) mass is 256 g/mol. The van der Waals surface area contributed by atoms with Crippen LogP contribution in [0, 0.1) is 0 Å². The van der Waals surface area contributed by atoms with Gasteiger partial charge in [0.15, 0.2) is 5.66 Å². The Labute approximate surface area is 104 Å². The number of carbonyl (C=O) groups excluding carboxylic acids is 3. The van der Waals surface area contributed by atoms with Crippen LogP contribution >= 0.6 is 0 Å². The Bertz CT molecular complexity index is 375. The van der Waals surface area contributed by atoms with Crippen molar-refractivity contribution in [3.8, 4) is 0 Å². The van der Waals surface area contributed by atoms with Crippen molar-refractivity contribution < 1.29 is 19.1 Å². The highest BCUT2D eigenvalue weighted by atomic mass is 16.5. The highest BCUT2D eigenvalue weighted by Gasteiger charge is 2.53. The molecule has 2 saturated heterocycles. The molecule has 8 heteroatoms. The molecule has 2 aliphatic rings. The molecule has 0 unspecified atom stereocenters. The third kappa shape index (κ3) is 2.31. The van der Waals surface area contributed by atoms with Crippen molar-refractivity contribution in [2.24, 2.45) is 0 Å². The van der Waals surface area contributed by atoms with Crippen LogP contribution in [0.4, 0.5) is 9.59 Å². The van der Waals surface area contributed by atoms with E-state index >= 15 is 0 Å². The highest BCUT2D eigenvalue weighted by molar-refractivity contribution is 5.86. The molecule has 2 fully saturated rings. The number of hydrogen-bond donors (Lipinski definition) is 4. The van der Waals surface area contributed by atoms with Gasteiger partial charge in [0, 0.05) is 12.8 Å². The molecule has 18 heavy (non-hydrogen) atoms. The Hall–Kier alpha value is -1.99. The molecule has 0 aromatic carbocycles. The molecule has 0 atom stereocenters. The van der Waals surface area contributed by atoms with Crippen LogP contribution in [0.5, 0.6) is 0 Å². The van der Waals surface area contributed by atoms with Crippen LogP contribution in [0.3, 0.4) is 0 Å². The molecular weight excluding hydrogens is 240 g/mol. The Kier molecular flexibility index (Phi) is 3.02. The van der Waals surface area contributed by atoms with E-state index in [1.54, 1.807) is 13.8 Å². The summed E-state index contributed by atoms with van der Waals surface area (Å²) in [7, 11) is 0. The molecule has 8 nitrogen and oxygen atoms in total. The van der Waals surface area contributed by atoms with Gasteiger partial charge in [-0.2, -0.15) is 0 Å². The summed E-state index contributed by atoms with van der Waals surface area (Å²) in [6.07, 6.45) is -0.359. The molecule has 2 aliphatic heterocycles. The van der Waals surface area contributed by atoms with Crippen molar-refractivity contribution >= 4 is 18.0 Å². The first-order valence-corrected chi connectivity index (χ1v) is 5.78. The molecule has 0 radical (unpaired) electrons. The first kappa shape index (κ1) is 12.5. The smallest absolute Gasteiger partial charge is 0.318 e. The van der Waals surface area contributed by atoms with Crippen LogP contribution in [0.2, 0.25) is 0 Å². The minimum absolute atomic E-state index is 0.110. The molecule has 0 saturated carbocycles. The minimum Gasteiger partial charge on any atom is -0.463 e. The van der Waals surface area contributed by atoms with E-state index in [9.17, 15) is 14.4 Å². The average molecular weight is 256 g/mol. The molecule has 0 aromatic rings. The molecule has 2 heterocycles. The van der Waals surface area contributed by atoms with Gasteiger partial charge in [0.25, 0.3) is 0 Å². The number of urea groups is 2. The van der Waals surface area contributed by atoms with Crippen LogP contribution < -0.4 is 21.3 Å². The van der Waals surface area contributed by atoms with Crippen molar-refractivity contribution in [3.63, 3.8) is 0 Å². The first-order chi connectivity index (χ1) is 8.41. The lowest BCUT2D eigenvalue weighted by molar-refractivity contribution is -0.147. The van der Waals surface area contributed by atoms with Gasteiger partial charge in [-0.3, -0.25) is 4.79 Å². The van der Waals surface area contributed by atoms with Crippen LogP contribution in [0.1, 0.15) is 26.7 Å². The largest absolute Gasteiger partial charge is 0.463 e. The lowest BCUT2D eigenvalue weighted by Gasteiger charge is -2.25. The number of ether oxygens (including phenoxy) is 1. The number of rotatable bonds is 4. The van der Waals surface area contributed by atoms with Crippen molar-refractivity contribution in [1.82, 2.24) is 21.3 Å². The molecule has 4 N–H and O–H groups in total. The van der Waals surface area contributed by atoms with Gasteiger partial charge in [-0.05, 0) is 13.8 Å². The normalized spacial score (nSPS) is 29.2. The van der Waals surface area contributed by atoms with Crippen LogP contribution in [-0.2, 0) is 9.53 Å². The molecule has 100 valence electrons. The van der Waals surface area contributed by atoms with Gasteiger partial charge in [-0.1, -0.05) is 0 Å². The summed E-state index contributed by atoms with van der Waals surface area (Å²) >= 11 is 0. The van der Waals surface area contributed by atoms with E-state index in [0.29, 0.717) is 0 Å². The number of hydrogen-bond acceptors (Lipinski definition) is 4. The van der Waals surface area contributed by atoms with Gasteiger partial charge in [0.05, 0.1) is 6.10 Å². The summed E-state index contributed by atoms with van der Waals surface area (Å²) in [5.41, 5.74) is -0.954. The molecule has 0 aliphatic carbocycles. The van der Waals surface area contributed by atoms with Crippen LogP contribution in [0.15, 0.2) is 0 Å². The van der Waals surface area contributed by atoms with Gasteiger partial charge in [-0.15, -0.1) is 0 Å². The van der Waals surface area contributed by atoms with Gasteiger partial charge < -0.3 is 26.0 Å². The molecular formula is C10H16N4O4. The Morgan fingerprint density at radius 2 is 1.83 bits per heavy atom. The van der Waals surface area contributed by atoms with E-state index in [2.05, 4.69) is 21.3 Å². The highest BCUT2D eigenvalue weighted by Crippen LogP contribution is 2.22. The Morgan fingerprint density at radius 1 is 1.28 bits per heavy atom. The molecule has 0 bridgehead atoms. The van der Waals surface area contributed by atoms with E-state index in [-0.39, 0.29) is 37.0 Å². The number of nitrogens with one attached hydrogen (secondary N) is 4. The second kappa shape index (κ2) is 4.35. The molecule has 2 rings (SSSR count). The van der Waals surface area contributed by atoms with Crippen molar-refractivity contribution in [2.75, 3.05) is 0 Å². The lowest BCUT2D eigenvalue weighted by Crippen LogP contribution is -2.56. The second-order valence-electron chi connectivity index (χ2n) is 4.64. The summed E-state index contributed by atoms with van der Waals surface area (Å²) < 4.78 is 5.00. The number of fused-ring (bicyclic) bond motifs is 1. The molecule has 0 aromatic heterocycles. The fourth-order valence-corrected chi connectivity index (χ4v) is 2.09. The quantitative estimate of drug-likeness (QED) is 0.502. The number of amides is 4. The SMILES string of the molecule is CC(C)OC(=O)CCC12NC(=O)NC1NC(=O)N2. The van der Waals surface area contributed by atoms with Crippen LogP contribution in [0.25, 0.3) is 0 Å². The van der Waals surface area contributed by atoms with Gasteiger partial charge >= 0.3 is 18.0 Å². The average Bonchev–Trinajstić information content (AvgIpc) is 2.65. The van der Waals surface area contributed by atoms with Gasteiger partial charge in [-0.25, -0.2) is 9.59 Å². The molecule has 0 spiro atoms. The summed E-state index contributed by atoms with van der Waals surface area (Å²) in [5.74, 6) is -0.361. The topological polar surface area (TPSA) is 109 Å². The third-order valence-corrected chi connectivity index (χ3v) is 2.81. The standard InChI is InChI=1S/C10H16N4O4/c1-5(2)18-6(15)3-4-10-7(11-8(16)13-10)12-9(17)14-10/h5,7H,3-4H2,1-2H3,(H2,11,13,16)(H2,12,14,17). The number of carbonyl (C=O) groups is 3. The summed E-state index contributed by atoms with van der Waals surface area (Å²) in [6.45, 7) is 3.52. The van der Waals surface area contributed by atoms with Crippen molar-refractivity contribution in [3.05, 3.63) is 0 Å². The van der Waals surface area contributed by atoms with Crippen molar-refractivity contribution in [1.29, 1.82) is 0 Å².